The van der Waals surface area contributed by atoms with Crippen LogP contribution in [0.5, 0.6) is 0 Å². The van der Waals surface area contributed by atoms with Crippen LogP contribution in [0.25, 0.3) is 11.3 Å². The summed E-state index contributed by atoms with van der Waals surface area (Å²) < 4.78 is 25.5. The second kappa shape index (κ2) is 4.59. The highest BCUT2D eigenvalue weighted by molar-refractivity contribution is 7.91. The van der Waals surface area contributed by atoms with E-state index < -0.39 is 9.84 Å². The lowest BCUT2D eigenvalue weighted by molar-refractivity contribution is 0.559. The van der Waals surface area contributed by atoms with Gasteiger partial charge in [0, 0.05) is 17.8 Å². The molecule has 5 nitrogen and oxygen atoms in total. The number of nitrogens with zero attached hydrogens (tertiary/aromatic N) is 2. The first-order valence-electron chi connectivity index (χ1n) is 7.22. The normalized spacial score (nSPS) is 23.0. The molecule has 0 amide bonds. The molecule has 1 saturated heterocycles. The number of aromatic nitrogens is 2. The molecule has 4 rings (SSSR count). The van der Waals surface area contributed by atoms with Crippen molar-refractivity contribution in [2.24, 2.45) is 0 Å². The summed E-state index contributed by atoms with van der Waals surface area (Å²) in [6.45, 7) is 0.957. The summed E-state index contributed by atoms with van der Waals surface area (Å²) in [6.07, 6.45) is 5.30. The van der Waals surface area contributed by atoms with Crippen LogP contribution >= 0.6 is 0 Å². The molecule has 1 atom stereocenters. The van der Waals surface area contributed by atoms with E-state index in [0.717, 1.165) is 24.2 Å². The molecular formula is C15H17N3O2S. The molecule has 1 aromatic heterocycles. The van der Waals surface area contributed by atoms with Crippen molar-refractivity contribution in [2.75, 3.05) is 23.4 Å². The molecule has 2 aromatic rings. The SMILES string of the molecule is O=S1(=O)CCC(n2cncc2-c2cccc3c2NCC3)C1. The molecule has 0 radical (unpaired) electrons. The summed E-state index contributed by atoms with van der Waals surface area (Å²) in [5.41, 5.74) is 4.61. The minimum Gasteiger partial charge on any atom is -0.384 e. The van der Waals surface area contributed by atoms with Gasteiger partial charge in [-0.15, -0.1) is 0 Å². The number of nitrogens with one attached hydrogen (secondary N) is 1. The zero-order valence-electron chi connectivity index (χ0n) is 11.6. The Balaban J connectivity index is 1.78. The van der Waals surface area contributed by atoms with Gasteiger partial charge in [0.05, 0.1) is 35.8 Å². The molecule has 110 valence electrons. The Labute approximate surface area is 123 Å². The molecule has 2 aliphatic heterocycles. The van der Waals surface area contributed by atoms with Gasteiger partial charge in [-0.05, 0) is 18.4 Å². The van der Waals surface area contributed by atoms with E-state index >= 15 is 0 Å². The van der Waals surface area contributed by atoms with Crippen LogP contribution in [0.1, 0.15) is 18.0 Å². The molecule has 1 aromatic carbocycles. The molecule has 1 fully saturated rings. The highest BCUT2D eigenvalue weighted by Gasteiger charge is 2.30. The molecule has 0 bridgehead atoms. The second-order valence-electron chi connectivity index (χ2n) is 5.76. The smallest absolute Gasteiger partial charge is 0.152 e. The van der Waals surface area contributed by atoms with Crippen LogP contribution < -0.4 is 5.32 Å². The lowest BCUT2D eigenvalue weighted by Crippen LogP contribution is -2.11. The fourth-order valence-electron chi connectivity index (χ4n) is 3.35. The first-order valence-corrected chi connectivity index (χ1v) is 9.04. The molecule has 0 spiro atoms. The van der Waals surface area contributed by atoms with Crippen molar-refractivity contribution >= 4 is 15.5 Å². The molecular weight excluding hydrogens is 286 g/mol. The second-order valence-corrected chi connectivity index (χ2v) is 7.99. The molecule has 6 heteroatoms. The zero-order valence-corrected chi connectivity index (χ0v) is 12.4. The Morgan fingerprint density at radius 1 is 1.33 bits per heavy atom. The van der Waals surface area contributed by atoms with Crippen molar-refractivity contribution in [1.82, 2.24) is 9.55 Å². The van der Waals surface area contributed by atoms with Gasteiger partial charge in [-0.2, -0.15) is 0 Å². The average Bonchev–Trinajstić information content (AvgIpc) is 3.15. The Morgan fingerprint density at radius 2 is 2.24 bits per heavy atom. The number of fused-ring (bicyclic) bond motifs is 1. The molecule has 2 aliphatic rings. The van der Waals surface area contributed by atoms with Crippen molar-refractivity contribution < 1.29 is 8.42 Å². The van der Waals surface area contributed by atoms with E-state index in [1.807, 2.05) is 10.8 Å². The first kappa shape index (κ1) is 12.9. The van der Waals surface area contributed by atoms with Gasteiger partial charge in [0.2, 0.25) is 0 Å². The van der Waals surface area contributed by atoms with Crippen LogP contribution in [-0.2, 0) is 16.3 Å². The van der Waals surface area contributed by atoms with Crippen molar-refractivity contribution in [2.45, 2.75) is 18.9 Å². The Hall–Kier alpha value is -1.82. The van der Waals surface area contributed by atoms with Crippen LogP contribution in [0.3, 0.4) is 0 Å². The standard InChI is InChI=1S/C15H17N3O2S/c19-21(20)7-5-12(9-21)18-10-16-8-14(18)13-3-1-2-11-4-6-17-15(11)13/h1-3,8,10,12,17H,4-7,9H2. The maximum absolute atomic E-state index is 11.7. The number of hydrogen-bond donors (Lipinski definition) is 1. The third kappa shape index (κ3) is 2.14. The van der Waals surface area contributed by atoms with Gasteiger partial charge in [-0.25, -0.2) is 13.4 Å². The monoisotopic (exact) mass is 303 g/mol. The number of para-hydroxylation sites is 1. The van der Waals surface area contributed by atoms with Crippen LogP contribution in [0, 0.1) is 0 Å². The Kier molecular flexibility index (Phi) is 2.82. The quantitative estimate of drug-likeness (QED) is 0.920. The van der Waals surface area contributed by atoms with Gasteiger partial charge >= 0.3 is 0 Å². The fourth-order valence-corrected chi connectivity index (χ4v) is 5.06. The Bertz CT molecular complexity index is 795. The largest absolute Gasteiger partial charge is 0.384 e. The summed E-state index contributed by atoms with van der Waals surface area (Å²) >= 11 is 0. The van der Waals surface area contributed by atoms with E-state index in [0.29, 0.717) is 6.42 Å². The summed E-state index contributed by atoms with van der Waals surface area (Å²) in [4.78, 5) is 4.26. The minimum atomic E-state index is -2.90. The van der Waals surface area contributed by atoms with Crippen molar-refractivity contribution in [3.8, 4) is 11.3 Å². The summed E-state index contributed by atoms with van der Waals surface area (Å²) in [6, 6.07) is 6.28. The van der Waals surface area contributed by atoms with E-state index in [1.54, 1.807) is 6.33 Å². The topological polar surface area (TPSA) is 64.0 Å². The van der Waals surface area contributed by atoms with Crippen LogP contribution in [0.15, 0.2) is 30.7 Å². The van der Waals surface area contributed by atoms with Gasteiger partial charge in [0.1, 0.15) is 0 Å². The molecule has 0 aliphatic carbocycles. The van der Waals surface area contributed by atoms with Crippen molar-refractivity contribution in [3.63, 3.8) is 0 Å². The molecule has 21 heavy (non-hydrogen) atoms. The van der Waals surface area contributed by atoms with E-state index in [-0.39, 0.29) is 17.5 Å². The predicted octanol–water partition coefficient (Wildman–Crippen LogP) is 1.88. The van der Waals surface area contributed by atoms with Crippen molar-refractivity contribution in [1.29, 1.82) is 0 Å². The molecule has 1 N–H and O–H groups in total. The maximum Gasteiger partial charge on any atom is 0.152 e. The lowest BCUT2D eigenvalue weighted by atomic mass is 10.0. The average molecular weight is 303 g/mol. The zero-order chi connectivity index (χ0) is 14.4. The number of sulfone groups is 1. The molecule has 0 saturated carbocycles. The summed E-state index contributed by atoms with van der Waals surface area (Å²) in [5.74, 6) is 0.499. The van der Waals surface area contributed by atoms with Gasteiger partial charge in [0.25, 0.3) is 0 Å². The van der Waals surface area contributed by atoms with E-state index in [1.165, 1.54) is 11.3 Å². The van der Waals surface area contributed by atoms with Gasteiger partial charge in [-0.1, -0.05) is 18.2 Å². The highest BCUT2D eigenvalue weighted by atomic mass is 32.2. The third-order valence-corrected chi connectivity index (χ3v) is 6.14. The summed E-state index contributed by atoms with van der Waals surface area (Å²) in [7, 11) is -2.90. The number of rotatable bonds is 2. The lowest BCUT2D eigenvalue weighted by Gasteiger charge is -2.16. The van der Waals surface area contributed by atoms with Gasteiger partial charge in [0.15, 0.2) is 9.84 Å². The van der Waals surface area contributed by atoms with Crippen molar-refractivity contribution in [3.05, 3.63) is 36.3 Å². The molecule has 3 heterocycles. The number of hydrogen-bond acceptors (Lipinski definition) is 4. The Morgan fingerprint density at radius 3 is 3.05 bits per heavy atom. The van der Waals surface area contributed by atoms with E-state index in [2.05, 4.69) is 28.5 Å². The number of imidazole rings is 1. The predicted molar refractivity (Wildman–Crippen MR) is 82.2 cm³/mol. The third-order valence-electron chi connectivity index (χ3n) is 4.39. The van der Waals surface area contributed by atoms with E-state index in [4.69, 9.17) is 0 Å². The maximum atomic E-state index is 11.7. The highest BCUT2D eigenvalue weighted by Crippen LogP contribution is 2.36. The van der Waals surface area contributed by atoms with Crippen LogP contribution in [-0.4, -0.2) is 36.0 Å². The number of benzene rings is 1. The summed E-state index contributed by atoms with van der Waals surface area (Å²) in [5, 5.41) is 3.43. The van der Waals surface area contributed by atoms with Gasteiger partial charge in [-0.3, -0.25) is 0 Å². The first-order chi connectivity index (χ1) is 10.1. The van der Waals surface area contributed by atoms with Gasteiger partial charge < -0.3 is 9.88 Å². The fraction of sp³-hybridized carbons (Fsp3) is 0.400. The molecule has 1 unspecified atom stereocenters. The number of anilines is 1. The van der Waals surface area contributed by atoms with Crippen LogP contribution in [0.2, 0.25) is 0 Å². The van der Waals surface area contributed by atoms with Crippen LogP contribution in [0.4, 0.5) is 5.69 Å². The minimum absolute atomic E-state index is 0.00441. The van der Waals surface area contributed by atoms with E-state index in [9.17, 15) is 8.42 Å².